The summed E-state index contributed by atoms with van der Waals surface area (Å²) in [6.07, 6.45) is 12.2. The maximum absolute atomic E-state index is 4.69. The van der Waals surface area contributed by atoms with E-state index in [2.05, 4.69) is 50.6 Å². The molecule has 0 aliphatic carbocycles. The zero-order valence-corrected chi connectivity index (χ0v) is 17.6. The van der Waals surface area contributed by atoms with Crippen LogP contribution in [0.15, 0.2) is 84.9 Å². The number of aromatic nitrogens is 9. The van der Waals surface area contributed by atoms with Crippen molar-refractivity contribution in [2.45, 2.75) is 0 Å². The summed E-state index contributed by atoms with van der Waals surface area (Å²) in [5.41, 5.74) is 3.87. The van der Waals surface area contributed by atoms with Crippen molar-refractivity contribution in [1.82, 2.24) is 45.3 Å². The molecule has 0 atom stereocenters. The molecule has 0 fully saturated rings. The van der Waals surface area contributed by atoms with Crippen LogP contribution >= 0.6 is 0 Å². The highest BCUT2D eigenvalue weighted by atomic mass is 15.1. The third-order valence-electron chi connectivity index (χ3n) is 5.17. The molecular formula is C23H17N11. The molecule has 6 aromatic heterocycles. The summed E-state index contributed by atoms with van der Waals surface area (Å²) in [5, 5.41) is 21.1. The van der Waals surface area contributed by atoms with Crippen LogP contribution in [0.4, 0.5) is 17.5 Å². The number of nitrogens with one attached hydrogen (secondary N) is 4. The van der Waals surface area contributed by atoms with Gasteiger partial charge in [0.25, 0.3) is 0 Å². The quantitative estimate of drug-likeness (QED) is 0.316. The number of hydrogen-bond acceptors (Lipinski definition) is 8. The Labute approximate surface area is 192 Å². The van der Waals surface area contributed by atoms with Gasteiger partial charge in [-0.15, -0.1) is 0 Å². The molecule has 0 spiro atoms. The van der Waals surface area contributed by atoms with Gasteiger partial charge in [-0.05, 0) is 36.4 Å². The van der Waals surface area contributed by atoms with Crippen LogP contribution in [-0.2, 0) is 0 Å². The van der Waals surface area contributed by atoms with Gasteiger partial charge in [-0.25, -0.2) is 15.0 Å². The van der Waals surface area contributed by atoms with Crippen LogP contribution in [0.1, 0.15) is 0 Å². The van der Waals surface area contributed by atoms with Gasteiger partial charge in [0, 0.05) is 59.1 Å². The Hall–Kier alpha value is -5.19. The van der Waals surface area contributed by atoms with Gasteiger partial charge in [0.05, 0.1) is 11.4 Å². The molecule has 11 heteroatoms. The minimum Gasteiger partial charge on any atom is -0.366 e. The number of H-pyrrole nitrogens is 3. The first-order valence-corrected chi connectivity index (χ1v) is 10.4. The lowest BCUT2D eigenvalue weighted by Crippen LogP contribution is -2.03. The summed E-state index contributed by atoms with van der Waals surface area (Å²) < 4.78 is 0. The average Bonchev–Trinajstić information content (AvgIpc) is 3.63. The van der Waals surface area contributed by atoms with Crippen LogP contribution in [-0.4, -0.2) is 45.3 Å². The molecule has 0 amide bonds. The van der Waals surface area contributed by atoms with E-state index in [1.54, 1.807) is 12.4 Å². The van der Waals surface area contributed by atoms with Crippen LogP contribution in [0.25, 0.3) is 33.3 Å². The SMILES string of the molecule is c1cnnc(-c2c[nH]c(/N=c3\ncnc(Nc4cc(-c5cccnn5)c[nH]4)c4c[nH]cc34)c2)c1. The highest BCUT2D eigenvalue weighted by Gasteiger charge is 2.09. The Morgan fingerprint density at radius 1 is 0.765 bits per heavy atom. The fraction of sp³-hybridized carbons (Fsp3) is 0. The van der Waals surface area contributed by atoms with E-state index in [0.717, 1.165) is 39.1 Å². The summed E-state index contributed by atoms with van der Waals surface area (Å²) in [5.74, 6) is 2.04. The monoisotopic (exact) mass is 447 g/mol. The number of fused-ring (bicyclic) bond motifs is 1. The summed E-state index contributed by atoms with van der Waals surface area (Å²) >= 11 is 0. The summed E-state index contributed by atoms with van der Waals surface area (Å²) in [6, 6.07) is 11.3. The second-order valence-corrected chi connectivity index (χ2v) is 7.36. The van der Waals surface area contributed by atoms with Crippen LogP contribution in [0.5, 0.6) is 0 Å². The lowest BCUT2D eigenvalue weighted by molar-refractivity contribution is 1.04. The maximum Gasteiger partial charge on any atom is 0.165 e. The lowest BCUT2D eigenvalue weighted by atomic mass is 10.2. The van der Waals surface area contributed by atoms with E-state index in [1.807, 2.05) is 61.2 Å². The molecule has 0 saturated carbocycles. The van der Waals surface area contributed by atoms with Crippen LogP contribution in [0.2, 0.25) is 0 Å². The predicted octanol–water partition coefficient (Wildman–Crippen LogP) is 3.50. The minimum atomic E-state index is 0.524. The molecule has 0 aliphatic rings. The summed E-state index contributed by atoms with van der Waals surface area (Å²) in [4.78, 5) is 23.1. The molecule has 164 valence electrons. The molecule has 11 nitrogen and oxygen atoms in total. The largest absolute Gasteiger partial charge is 0.366 e. The first-order chi connectivity index (χ1) is 16.8. The van der Waals surface area contributed by atoms with Crippen LogP contribution < -0.4 is 10.8 Å². The second-order valence-electron chi connectivity index (χ2n) is 7.36. The maximum atomic E-state index is 4.69. The van der Waals surface area contributed by atoms with Crippen molar-refractivity contribution in [3.05, 3.63) is 85.4 Å². The summed E-state index contributed by atoms with van der Waals surface area (Å²) in [6.45, 7) is 0. The highest BCUT2D eigenvalue weighted by Crippen LogP contribution is 2.25. The average molecular weight is 447 g/mol. The van der Waals surface area contributed by atoms with E-state index in [1.165, 1.54) is 6.33 Å². The zero-order chi connectivity index (χ0) is 22.7. The zero-order valence-electron chi connectivity index (χ0n) is 17.6. The Balaban J connectivity index is 1.35. The number of hydrogen-bond donors (Lipinski definition) is 4. The van der Waals surface area contributed by atoms with Crippen molar-refractivity contribution in [2.75, 3.05) is 5.32 Å². The predicted molar refractivity (Wildman–Crippen MR) is 126 cm³/mol. The Morgan fingerprint density at radius 3 is 2.26 bits per heavy atom. The van der Waals surface area contributed by atoms with Gasteiger partial charge in [0.1, 0.15) is 23.8 Å². The third kappa shape index (κ3) is 3.77. The number of nitrogens with zero attached hydrogens (tertiary/aromatic N) is 7. The van der Waals surface area contributed by atoms with Crippen molar-refractivity contribution < 1.29 is 0 Å². The molecule has 6 rings (SSSR count). The van der Waals surface area contributed by atoms with Crippen molar-refractivity contribution in [3.63, 3.8) is 0 Å². The first kappa shape index (κ1) is 19.5. The standard InChI is InChI=1S/C23H17N11/c1-3-18(33-29-5-1)14-7-20(25-9-14)31-22-16-11-24-12-17(16)23(28-13-27-22)32-21-8-15(10-26-21)19-4-2-6-30-34-19/h1-13,24-26H,(H,27,28,31,32). The molecule has 4 N–H and O–H groups in total. The van der Waals surface area contributed by atoms with E-state index in [-0.39, 0.29) is 0 Å². The minimum absolute atomic E-state index is 0.524. The van der Waals surface area contributed by atoms with E-state index in [4.69, 9.17) is 4.99 Å². The van der Waals surface area contributed by atoms with E-state index in [0.29, 0.717) is 17.1 Å². The molecule has 0 radical (unpaired) electrons. The molecular weight excluding hydrogens is 430 g/mol. The third-order valence-corrected chi connectivity index (χ3v) is 5.17. The Kier molecular flexibility index (Phi) is 4.81. The highest BCUT2D eigenvalue weighted by molar-refractivity contribution is 5.91. The smallest absolute Gasteiger partial charge is 0.165 e. The van der Waals surface area contributed by atoms with Gasteiger partial charge < -0.3 is 20.3 Å². The van der Waals surface area contributed by atoms with Gasteiger partial charge >= 0.3 is 0 Å². The number of rotatable bonds is 5. The van der Waals surface area contributed by atoms with Crippen LogP contribution in [0, 0.1) is 0 Å². The van der Waals surface area contributed by atoms with E-state index in [9.17, 15) is 0 Å². The number of anilines is 2. The topological polar surface area (TPSA) is 149 Å². The molecule has 0 unspecified atom stereocenters. The van der Waals surface area contributed by atoms with Gasteiger partial charge in [0.2, 0.25) is 0 Å². The molecule has 0 aromatic carbocycles. The van der Waals surface area contributed by atoms with Gasteiger partial charge in [-0.1, -0.05) is 0 Å². The van der Waals surface area contributed by atoms with Crippen molar-refractivity contribution in [3.8, 4) is 22.5 Å². The van der Waals surface area contributed by atoms with Crippen molar-refractivity contribution >= 4 is 28.2 Å². The van der Waals surface area contributed by atoms with Gasteiger partial charge in [0.15, 0.2) is 5.49 Å². The van der Waals surface area contributed by atoms with Gasteiger partial charge in [-0.2, -0.15) is 20.4 Å². The Morgan fingerprint density at radius 2 is 1.50 bits per heavy atom. The van der Waals surface area contributed by atoms with Gasteiger partial charge in [-0.3, -0.25) is 0 Å². The summed E-state index contributed by atoms with van der Waals surface area (Å²) in [7, 11) is 0. The number of aromatic amines is 3. The fourth-order valence-electron chi connectivity index (χ4n) is 3.58. The molecule has 0 saturated heterocycles. The molecule has 6 aromatic rings. The van der Waals surface area contributed by atoms with E-state index >= 15 is 0 Å². The molecule has 6 heterocycles. The fourth-order valence-corrected chi connectivity index (χ4v) is 3.58. The second kappa shape index (κ2) is 8.39. The molecule has 34 heavy (non-hydrogen) atoms. The lowest BCUT2D eigenvalue weighted by Gasteiger charge is -2.01. The van der Waals surface area contributed by atoms with Crippen molar-refractivity contribution in [1.29, 1.82) is 0 Å². The molecule has 0 bridgehead atoms. The van der Waals surface area contributed by atoms with Crippen molar-refractivity contribution in [2.24, 2.45) is 4.99 Å². The molecule has 0 aliphatic heterocycles. The Bertz CT molecular complexity index is 1630. The first-order valence-electron chi connectivity index (χ1n) is 10.4. The van der Waals surface area contributed by atoms with E-state index < -0.39 is 0 Å². The normalized spacial score (nSPS) is 11.7. The van der Waals surface area contributed by atoms with Crippen LogP contribution in [0.3, 0.4) is 0 Å².